The van der Waals surface area contributed by atoms with Gasteiger partial charge in [-0.1, -0.05) is 6.92 Å². The molecular weight excluding hydrogens is 314 g/mol. The van der Waals surface area contributed by atoms with Gasteiger partial charge < -0.3 is 5.11 Å². The average Bonchev–Trinajstić information content (AvgIpc) is 3.01. The Bertz CT molecular complexity index is 885. The molecule has 0 amide bonds. The molecule has 5 heteroatoms. The largest absolute Gasteiger partial charge is 0.481 e. The number of carbonyl (C=O) groups is 1. The lowest BCUT2D eigenvalue weighted by atomic mass is 9.95. The highest BCUT2D eigenvalue weighted by atomic mass is 16.4. The van der Waals surface area contributed by atoms with Gasteiger partial charge in [0.15, 0.2) is 0 Å². The lowest BCUT2D eigenvalue weighted by molar-refractivity contribution is -0.137. The predicted octanol–water partition coefficient (Wildman–Crippen LogP) is 4.06. The van der Waals surface area contributed by atoms with Gasteiger partial charge in [0.05, 0.1) is 11.2 Å². The molecule has 3 rings (SSSR count). The molecule has 0 aromatic carbocycles. The molecule has 0 bridgehead atoms. The third-order valence-electron chi connectivity index (χ3n) is 4.58. The van der Waals surface area contributed by atoms with Crippen LogP contribution in [0, 0.1) is 6.92 Å². The van der Waals surface area contributed by atoms with E-state index in [9.17, 15) is 4.79 Å². The van der Waals surface area contributed by atoms with Crippen molar-refractivity contribution in [2.45, 2.75) is 46.0 Å². The van der Waals surface area contributed by atoms with Crippen molar-refractivity contribution in [3.63, 3.8) is 0 Å². The molecule has 0 fully saturated rings. The standard InChI is InChI=1S/C20H23N3O2/c1-3-16-8-9-18-20(15-10-12-21-13-11-15)17(14(2)22-23(16)18)6-4-5-7-19(24)25/h8-13H,3-7H2,1-2H3,(H,24,25). The van der Waals surface area contributed by atoms with Crippen LogP contribution in [0.5, 0.6) is 0 Å². The van der Waals surface area contributed by atoms with Gasteiger partial charge in [0.2, 0.25) is 0 Å². The zero-order chi connectivity index (χ0) is 17.8. The number of carboxylic acid groups (broad SMARTS) is 1. The minimum absolute atomic E-state index is 0.213. The Morgan fingerprint density at radius 3 is 2.60 bits per heavy atom. The van der Waals surface area contributed by atoms with Gasteiger partial charge in [-0.25, -0.2) is 4.52 Å². The summed E-state index contributed by atoms with van der Waals surface area (Å²) in [5, 5.41) is 13.6. The summed E-state index contributed by atoms with van der Waals surface area (Å²) in [5.41, 5.74) is 6.79. The monoisotopic (exact) mass is 337 g/mol. The molecule has 3 heterocycles. The molecule has 3 aromatic rings. The van der Waals surface area contributed by atoms with Crippen LogP contribution in [-0.2, 0) is 17.6 Å². The molecule has 0 spiro atoms. The van der Waals surface area contributed by atoms with E-state index in [0.29, 0.717) is 6.42 Å². The number of aryl methyl sites for hydroxylation is 2. The molecule has 1 N–H and O–H groups in total. The molecule has 0 unspecified atom stereocenters. The number of unbranched alkanes of at least 4 members (excludes halogenated alkanes) is 1. The number of nitrogens with zero attached hydrogens (tertiary/aromatic N) is 3. The van der Waals surface area contributed by atoms with Gasteiger partial charge in [0.25, 0.3) is 0 Å². The summed E-state index contributed by atoms with van der Waals surface area (Å²) in [7, 11) is 0. The summed E-state index contributed by atoms with van der Waals surface area (Å²) in [6.45, 7) is 4.17. The van der Waals surface area contributed by atoms with E-state index >= 15 is 0 Å². The molecule has 3 aromatic heterocycles. The lowest BCUT2D eigenvalue weighted by Gasteiger charge is -2.15. The van der Waals surface area contributed by atoms with Crippen molar-refractivity contribution in [1.82, 2.24) is 14.6 Å². The average molecular weight is 337 g/mol. The van der Waals surface area contributed by atoms with E-state index in [1.54, 1.807) is 12.4 Å². The maximum Gasteiger partial charge on any atom is 0.303 e. The van der Waals surface area contributed by atoms with Gasteiger partial charge in [-0.2, -0.15) is 5.10 Å². The van der Waals surface area contributed by atoms with E-state index in [2.05, 4.69) is 24.0 Å². The summed E-state index contributed by atoms with van der Waals surface area (Å²) in [4.78, 5) is 14.9. The first kappa shape index (κ1) is 17.1. The lowest BCUT2D eigenvalue weighted by Crippen LogP contribution is -2.06. The van der Waals surface area contributed by atoms with Gasteiger partial charge in [-0.15, -0.1) is 0 Å². The van der Waals surface area contributed by atoms with Crippen molar-refractivity contribution in [1.29, 1.82) is 0 Å². The summed E-state index contributed by atoms with van der Waals surface area (Å²) in [5.74, 6) is -0.737. The van der Waals surface area contributed by atoms with Crippen LogP contribution in [0.4, 0.5) is 0 Å². The summed E-state index contributed by atoms with van der Waals surface area (Å²) in [6, 6.07) is 8.30. The number of aromatic nitrogens is 3. The van der Waals surface area contributed by atoms with E-state index in [4.69, 9.17) is 10.2 Å². The normalized spacial score (nSPS) is 11.1. The van der Waals surface area contributed by atoms with E-state index in [-0.39, 0.29) is 6.42 Å². The highest BCUT2D eigenvalue weighted by Crippen LogP contribution is 2.32. The molecule has 130 valence electrons. The Kier molecular flexibility index (Phi) is 5.12. The maximum absolute atomic E-state index is 10.8. The van der Waals surface area contributed by atoms with E-state index in [0.717, 1.165) is 36.0 Å². The quantitative estimate of drug-likeness (QED) is 0.660. The third kappa shape index (κ3) is 3.55. The third-order valence-corrected chi connectivity index (χ3v) is 4.58. The molecule has 0 saturated carbocycles. The molecule has 0 aliphatic rings. The van der Waals surface area contributed by atoms with E-state index in [1.807, 2.05) is 23.6 Å². The van der Waals surface area contributed by atoms with Crippen LogP contribution >= 0.6 is 0 Å². The summed E-state index contributed by atoms with van der Waals surface area (Å²) < 4.78 is 2.03. The van der Waals surface area contributed by atoms with Gasteiger partial charge in [0, 0.05) is 30.1 Å². The van der Waals surface area contributed by atoms with Crippen LogP contribution in [0.2, 0.25) is 0 Å². The Labute approximate surface area is 147 Å². The minimum Gasteiger partial charge on any atom is -0.481 e. The molecule has 25 heavy (non-hydrogen) atoms. The Hall–Kier alpha value is -2.69. The Morgan fingerprint density at radius 2 is 1.92 bits per heavy atom. The van der Waals surface area contributed by atoms with Crippen LogP contribution in [0.25, 0.3) is 16.6 Å². The zero-order valence-corrected chi connectivity index (χ0v) is 14.7. The van der Waals surface area contributed by atoms with Crippen molar-refractivity contribution >= 4 is 11.5 Å². The highest BCUT2D eigenvalue weighted by molar-refractivity contribution is 5.83. The van der Waals surface area contributed by atoms with Crippen LogP contribution in [0.15, 0.2) is 36.7 Å². The van der Waals surface area contributed by atoms with Crippen LogP contribution in [0.3, 0.4) is 0 Å². The topological polar surface area (TPSA) is 67.5 Å². The van der Waals surface area contributed by atoms with Gasteiger partial charge in [-0.3, -0.25) is 9.78 Å². The molecule has 5 nitrogen and oxygen atoms in total. The zero-order valence-electron chi connectivity index (χ0n) is 14.7. The van der Waals surface area contributed by atoms with E-state index < -0.39 is 5.97 Å². The summed E-state index contributed by atoms with van der Waals surface area (Å²) in [6.07, 6.45) is 7.09. The molecule has 0 aliphatic heterocycles. The fourth-order valence-electron chi connectivity index (χ4n) is 3.32. The van der Waals surface area contributed by atoms with Crippen molar-refractivity contribution < 1.29 is 9.90 Å². The number of rotatable bonds is 7. The number of hydrogen-bond acceptors (Lipinski definition) is 3. The predicted molar refractivity (Wildman–Crippen MR) is 97.7 cm³/mol. The smallest absolute Gasteiger partial charge is 0.303 e. The molecule has 0 aliphatic carbocycles. The highest BCUT2D eigenvalue weighted by Gasteiger charge is 2.16. The van der Waals surface area contributed by atoms with Gasteiger partial charge in [-0.05, 0) is 68.0 Å². The maximum atomic E-state index is 10.8. The molecule has 0 saturated heterocycles. The Morgan fingerprint density at radius 1 is 1.16 bits per heavy atom. The first-order valence-electron chi connectivity index (χ1n) is 8.74. The SMILES string of the molecule is CCc1ccc2c(-c3ccncc3)c(CCCCC(=O)O)c(C)nn12. The van der Waals surface area contributed by atoms with Crippen LogP contribution < -0.4 is 0 Å². The second kappa shape index (κ2) is 7.47. The van der Waals surface area contributed by atoms with Crippen molar-refractivity contribution in [2.24, 2.45) is 0 Å². The van der Waals surface area contributed by atoms with E-state index in [1.165, 1.54) is 16.8 Å². The molecular formula is C20H23N3O2. The van der Waals surface area contributed by atoms with Crippen molar-refractivity contribution in [3.8, 4) is 11.1 Å². The Balaban J connectivity index is 2.08. The van der Waals surface area contributed by atoms with Gasteiger partial charge >= 0.3 is 5.97 Å². The summed E-state index contributed by atoms with van der Waals surface area (Å²) >= 11 is 0. The molecule has 0 radical (unpaired) electrons. The fraction of sp³-hybridized carbons (Fsp3) is 0.350. The number of fused-ring (bicyclic) bond motifs is 1. The first-order chi connectivity index (χ1) is 12.1. The van der Waals surface area contributed by atoms with Gasteiger partial charge in [0.1, 0.15) is 0 Å². The van der Waals surface area contributed by atoms with Crippen LogP contribution in [0.1, 0.15) is 43.1 Å². The minimum atomic E-state index is -0.737. The van der Waals surface area contributed by atoms with Crippen molar-refractivity contribution in [2.75, 3.05) is 0 Å². The number of carboxylic acids is 1. The van der Waals surface area contributed by atoms with Crippen molar-refractivity contribution in [3.05, 3.63) is 53.6 Å². The first-order valence-corrected chi connectivity index (χ1v) is 8.74. The molecule has 0 atom stereocenters. The number of hydrogen-bond donors (Lipinski definition) is 1. The second-order valence-corrected chi connectivity index (χ2v) is 6.25. The van der Waals surface area contributed by atoms with Crippen LogP contribution in [-0.4, -0.2) is 25.7 Å². The fourth-order valence-corrected chi connectivity index (χ4v) is 3.32. The number of aliphatic carboxylic acids is 1. The number of pyridine rings is 1. The second-order valence-electron chi connectivity index (χ2n) is 6.25.